The van der Waals surface area contributed by atoms with E-state index in [0.29, 0.717) is 17.2 Å². The first-order chi connectivity index (χ1) is 16.5. The number of ether oxygens (including phenoxy) is 3. The lowest BCUT2D eigenvalue weighted by Crippen LogP contribution is -1.96. The summed E-state index contributed by atoms with van der Waals surface area (Å²) in [5.74, 6) is 1.81. The van der Waals surface area contributed by atoms with Crippen molar-refractivity contribution in [3.63, 3.8) is 0 Å². The summed E-state index contributed by atoms with van der Waals surface area (Å²) in [7, 11) is 4.89. The zero-order chi connectivity index (χ0) is 23.6. The van der Waals surface area contributed by atoms with Crippen LogP contribution in [0.1, 0.15) is 0 Å². The molecule has 34 heavy (non-hydrogen) atoms. The van der Waals surface area contributed by atoms with Gasteiger partial charge in [-0.3, -0.25) is 0 Å². The highest BCUT2D eigenvalue weighted by Gasteiger charge is 2.21. The third-order valence-corrected chi connectivity index (χ3v) is 7.32. The lowest BCUT2D eigenvalue weighted by atomic mass is 9.96. The van der Waals surface area contributed by atoms with Gasteiger partial charge in [-0.1, -0.05) is 31.9 Å². The largest absolute Gasteiger partial charge is 0.493 e. The monoisotopic (exact) mass is 578 g/mol. The summed E-state index contributed by atoms with van der Waals surface area (Å²) in [6.07, 6.45) is 0. The van der Waals surface area contributed by atoms with Crippen LogP contribution in [0.15, 0.2) is 63.5 Å². The van der Waals surface area contributed by atoms with Gasteiger partial charge in [0.25, 0.3) is 0 Å². The Kier molecular flexibility index (Phi) is 5.00. The molecule has 0 unspecified atom stereocenters. The fourth-order valence-electron chi connectivity index (χ4n) is 4.87. The Bertz CT molecular complexity index is 1730. The molecule has 6 rings (SSSR count). The van der Waals surface area contributed by atoms with Crippen molar-refractivity contribution in [3.8, 4) is 28.4 Å². The fourth-order valence-corrected chi connectivity index (χ4v) is 5.60. The van der Waals surface area contributed by atoms with Gasteiger partial charge in [0.1, 0.15) is 0 Å². The van der Waals surface area contributed by atoms with E-state index in [2.05, 4.69) is 84.3 Å². The Balaban J connectivity index is 1.81. The van der Waals surface area contributed by atoms with Gasteiger partial charge in [-0.05, 0) is 65.7 Å². The first-order valence-corrected chi connectivity index (χ1v) is 12.3. The summed E-state index contributed by atoms with van der Waals surface area (Å²) in [5, 5.41) is 4.60. The maximum atomic E-state index is 5.66. The Morgan fingerprint density at radius 1 is 0.618 bits per heavy atom. The number of aromatic nitrogens is 2. The molecule has 0 saturated carbocycles. The first-order valence-electron chi connectivity index (χ1n) is 10.7. The van der Waals surface area contributed by atoms with Crippen LogP contribution in [0.4, 0.5) is 0 Å². The third-order valence-electron chi connectivity index (χ3n) is 6.33. The van der Waals surface area contributed by atoms with Crippen LogP contribution in [0.3, 0.4) is 0 Å². The Morgan fingerprint density at radius 2 is 1.21 bits per heavy atom. The van der Waals surface area contributed by atoms with Crippen LogP contribution in [0.2, 0.25) is 0 Å². The number of hydrogen-bond donors (Lipinski definition) is 2. The summed E-state index contributed by atoms with van der Waals surface area (Å²) in [6, 6.07) is 18.8. The lowest BCUT2D eigenvalue weighted by molar-refractivity contribution is 0.324. The number of hydrogen-bond acceptors (Lipinski definition) is 3. The standard InChI is InChI=1S/C27H20Br2N2O3/c1-32-22-8-13(9-23(33-2)27(22)34-3)16-12-21-25(18-11-15(29)4-6-19(18)30-21)26-24(16)17-10-14(28)5-7-20(17)31-26/h4-12,30-31H,1-3H3. The molecule has 0 bridgehead atoms. The predicted molar refractivity (Wildman–Crippen MR) is 146 cm³/mol. The molecule has 0 radical (unpaired) electrons. The molecular weight excluding hydrogens is 560 g/mol. The number of rotatable bonds is 4. The summed E-state index contributed by atoms with van der Waals surface area (Å²) in [4.78, 5) is 7.30. The summed E-state index contributed by atoms with van der Waals surface area (Å²) >= 11 is 7.29. The van der Waals surface area contributed by atoms with Crippen LogP contribution < -0.4 is 14.2 Å². The molecule has 7 heteroatoms. The van der Waals surface area contributed by atoms with Crippen molar-refractivity contribution >= 4 is 75.5 Å². The van der Waals surface area contributed by atoms with Crippen LogP contribution in [0.5, 0.6) is 17.2 Å². The van der Waals surface area contributed by atoms with Crippen molar-refractivity contribution in [3.05, 3.63) is 63.5 Å². The molecule has 170 valence electrons. The van der Waals surface area contributed by atoms with Crippen molar-refractivity contribution in [1.82, 2.24) is 9.97 Å². The normalized spacial score (nSPS) is 11.7. The molecule has 2 heterocycles. The van der Waals surface area contributed by atoms with E-state index in [1.165, 1.54) is 0 Å². The zero-order valence-electron chi connectivity index (χ0n) is 18.7. The van der Waals surface area contributed by atoms with Gasteiger partial charge in [0, 0.05) is 47.0 Å². The van der Waals surface area contributed by atoms with Gasteiger partial charge in [-0.15, -0.1) is 0 Å². The molecule has 0 aliphatic carbocycles. The number of benzene rings is 4. The minimum absolute atomic E-state index is 0.572. The van der Waals surface area contributed by atoms with Gasteiger partial charge in [0.15, 0.2) is 11.5 Å². The van der Waals surface area contributed by atoms with Crippen molar-refractivity contribution in [2.45, 2.75) is 0 Å². The van der Waals surface area contributed by atoms with E-state index in [4.69, 9.17) is 14.2 Å². The molecule has 0 aliphatic rings. The number of halogens is 2. The van der Waals surface area contributed by atoms with Gasteiger partial charge >= 0.3 is 0 Å². The number of fused-ring (bicyclic) bond motifs is 7. The highest BCUT2D eigenvalue weighted by atomic mass is 79.9. The Hall–Kier alpha value is -3.16. The molecule has 2 N–H and O–H groups in total. The van der Waals surface area contributed by atoms with Gasteiger partial charge in [-0.2, -0.15) is 0 Å². The van der Waals surface area contributed by atoms with E-state index in [-0.39, 0.29) is 0 Å². The van der Waals surface area contributed by atoms with Crippen LogP contribution >= 0.6 is 31.9 Å². The molecule has 2 aromatic heterocycles. The highest BCUT2D eigenvalue weighted by Crippen LogP contribution is 2.46. The van der Waals surface area contributed by atoms with Crippen molar-refractivity contribution in [1.29, 1.82) is 0 Å². The van der Waals surface area contributed by atoms with Crippen LogP contribution in [-0.4, -0.2) is 31.3 Å². The third kappa shape index (κ3) is 3.11. The quantitative estimate of drug-likeness (QED) is 0.221. The van der Waals surface area contributed by atoms with E-state index >= 15 is 0 Å². The minimum Gasteiger partial charge on any atom is -0.493 e. The second kappa shape index (κ2) is 7.96. The second-order valence-corrected chi connectivity index (χ2v) is 9.97. The van der Waals surface area contributed by atoms with E-state index in [1.54, 1.807) is 21.3 Å². The Labute approximate surface area is 212 Å². The van der Waals surface area contributed by atoms with Crippen LogP contribution in [0, 0.1) is 0 Å². The van der Waals surface area contributed by atoms with Crippen molar-refractivity contribution in [2.24, 2.45) is 0 Å². The number of aromatic amines is 2. The number of methoxy groups -OCH3 is 3. The molecule has 5 nitrogen and oxygen atoms in total. The average Bonchev–Trinajstić information content (AvgIpc) is 3.39. The SMILES string of the molecule is COc1cc(-c2cc3[nH]c4ccc(Br)cc4c3c3[nH]c4ccc(Br)cc4c23)cc(OC)c1OC. The van der Waals surface area contributed by atoms with Gasteiger partial charge in [0.2, 0.25) is 5.75 Å². The van der Waals surface area contributed by atoms with Gasteiger partial charge in [0.05, 0.1) is 26.8 Å². The summed E-state index contributed by atoms with van der Waals surface area (Å²) < 4.78 is 18.9. The maximum Gasteiger partial charge on any atom is 0.203 e. The molecule has 4 aromatic carbocycles. The van der Waals surface area contributed by atoms with Crippen molar-refractivity contribution < 1.29 is 14.2 Å². The zero-order valence-corrected chi connectivity index (χ0v) is 21.8. The predicted octanol–water partition coefficient (Wildman–Crippen LogP) is 8.17. The van der Waals surface area contributed by atoms with Crippen LogP contribution in [-0.2, 0) is 0 Å². The molecule has 0 fully saturated rings. The lowest BCUT2D eigenvalue weighted by Gasteiger charge is -2.15. The van der Waals surface area contributed by atoms with E-state index in [0.717, 1.165) is 63.7 Å². The van der Waals surface area contributed by atoms with Gasteiger partial charge < -0.3 is 24.2 Å². The fraction of sp³-hybridized carbons (Fsp3) is 0.111. The summed E-state index contributed by atoms with van der Waals surface area (Å²) in [6.45, 7) is 0. The van der Waals surface area contributed by atoms with E-state index < -0.39 is 0 Å². The highest BCUT2D eigenvalue weighted by molar-refractivity contribution is 9.10. The molecule has 6 aromatic rings. The van der Waals surface area contributed by atoms with E-state index in [9.17, 15) is 0 Å². The first kappa shape index (κ1) is 21.4. The molecule has 0 aliphatic heterocycles. The maximum absolute atomic E-state index is 5.66. The molecular formula is C27H20Br2N2O3. The smallest absolute Gasteiger partial charge is 0.203 e. The molecule has 0 saturated heterocycles. The summed E-state index contributed by atoms with van der Waals surface area (Å²) in [5.41, 5.74) is 6.33. The molecule has 0 spiro atoms. The van der Waals surface area contributed by atoms with E-state index in [1.807, 2.05) is 12.1 Å². The number of nitrogens with one attached hydrogen (secondary N) is 2. The molecule has 0 atom stereocenters. The Morgan fingerprint density at radius 3 is 1.79 bits per heavy atom. The van der Waals surface area contributed by atoms with Gasteiger partial charge in [-0.25, -0.2) is 0 Å². The average molecular weight is 580 g/mol. The van der Waals surface area contributed by atoms with Crippen molar-refractivity contribution in [2.75, 3.05) is 21.3 Å². The number of H-pyrrole nitrogens is 2. The molecule has 0 amide bonds. The second-order valence-electron chi connectivity index (χ2n) is 8.14. The topological polar surface area (TPSA) is 59.3 Å². The van der Waals surface area contributed by atoms with Crippen LogP contribution in [0.25, 0.3) is 54.7 Å². The minimum atomic E-state index is 0.572.